The van der Waals surface area contributed by atoms with E-state index < -0.39 is 0 Å². The minimum absolute atomic E-state index is 0.0168. The van der Waals surface area contributed by atoms with Crippen molar-refractivity contribution in [2.45, 2.75) is 65.1 Å². The number of carbonyl (C=O) groups is 1. The van der Waals surface area contributed by atoms with E-state index in [0.717, 1.165) is 29.7 Å². The van der Waals surface area contributed by atoms with Crippen LogP contribution in [0.15, 0.2) is 23.4 Å². The molecule has 0 fully saturated rings. The molecule has 0 aliphatic rings. The molecule has 7 heteroatoms. The summed E-state index contributed by atoms with van der Waals surface area (Å²) in [5.74, 6) is 1.03. The van der Waals surface area contributed by atoms with Gasteiger partial charge in [-0.15, -0.1) is 5.10 Å². The number of carbonyl (C=O) groups excluding carboxylic acids is 1. The molecule has 1 heterocycles. The number of nitrogens with zero attached hydrogens (tertiary/aromatic N) is 4. The number of benzene rings is 1. The first-order valence-corrected chi connectivity index (χ1v) is 10.1. The molecule has 2 aromatic rings. The normalized spacial score (nSPS) is 12.4. The fourth-order valence-electron chi connectivity index (χ4n) is 2.90. The van der Waals surface area contributed by atoms with Crippen LogP contribution >= 0.6 is 11.8 Å². The molecular weight excluding hydrogens is 346 g/mol. The molecule has 0 saturated carbocycles. The Morgan fingerprint density at radius 1 is 1.19 bits per heavy atom. The minimum Gasteiger partial charge on any atom is -0.353 e. The summed E-state index contributed by atoms with van der Waals surface area (Å²) in [7, 11) is 0. The van der Waals surface area contributed by atoms with Crippen LogP contribution in [0.5, 0.6) is 0 Å². The topological polar surface area (TPSA) is 72.7 Å². The van der Waals surface area contributed by atoms with E-state index in [1.54, 1.807) is 4.68 Å². The molecule has 1 amide bonds. The molecule has 0 saturated heterocycles. The lowest BCUT2D eigenvalue weighted by atomic mass is 10.0. The standard InChI is InChI=1S/C19H29N5OS/c1-13(2)8-6-11-16(5)20-17(25)12-26-19-21-22-23-24(19)18-14(3)9-7-10-15(18)4/h7,9-10,13,16H,6,8,11-12H2,1-5H3,(H,20,25). The molecule has 6 nitrogen and oxygen atoms in total. The number of rotatable bonds is 9. The van der Waals surface area contributed by atoms with Gasteiger partial charge in [0.05, 0.1) is 11.4 Å². The highest BCUT2D eigenvalue weighted by molar-refractivity contribution is 7.99. The zero-order valence-corrected chi connectivity index (χ0v) is 17.1. The van der Waals surface area contributed by atoms with Gasteiger partial charge in [0.25, 0.3) is 0 Å². The van der Waals surface area contributed by atoms with E-state index in [4.69, 9.17) is 0 Å². The molecule has 1 N–H and O–H groups in total. The number of nitrogens with one attached hydrogen (secondary N) is 1. The molecule has 0 aliphatic heterocycles. The van der Waals surface area contributed by atoms with Gasteiger partial charge in [-0.3, -0.25) is 4.79 Å². The predicted octanol–water partition coefficient (Wildman–Crippen LogP) is 3.70. The molecule has 1 aromatic heterocycles. The highest BCUT2D eigenvalue weighted by Gasteiger charge is 2.15. The third kappa shape index (κ3) is 5.83. The van der Waals surface area contributed by atoms with Crippen LogP contribution in [0.25, 0.3) is 5.69 Å². The fraction of sp³-hybridized carbons (Fsp3) is 0.579. The van der Waals surface area contributed by atoms with Crippen molar-refractivity contribution in [3.63, 3.8) is 0 Å². The summed E-state index contributed by atoms with van der Waals surface area (Å²) in [5, 5.41) is 15.7. The lowest BCUT2D eigenvalue weighted by Gasteiger charge is -2.14. The quantitative estimate of drug-likeness (QED) is 0.677. The molecule has 26 heavy (non-hydrogen) atoms. The van der Waals surface area contributed by atoms with E-state index in [9.17, 15) is 4.79 Å². The third-order valence-corrected chi connectivity index (χ3v) is 5.17. The van der Waals surface area contributed by atoms with Crippen molar-refractivity contribution in [2.24, 2.45) is 5.92 Å². The van der Waals surface area contributed by atoms with Gasteiger partial charge in [0.15, 0.2) is 0 Å². The Morgan fingerprint density at radius 3 is 2.54 bits per heavy atom. The highest BCUT2D eigenvalue weighted by atomic mass is 32.2. The van der Waals surface area contributed by atoms with Gasteiger partial charge in [-0.05, 0) is 54.7 Å². The van der Waals surface area contributed by atoms with Gasteiger partial charge in [-0.1, -0.05) is 56.7 Å². The monoisotopic (exact) mass is 375 g/mol. The zero-order chi connectivity index (χ0) is 19.1. The molecular formula is C19H29N5OS. The maximum absolute atomic E-state index is 12.2. The Kier molecular flexibility index (Phi) is 7.63. The van der Waals surface area contributed by atoms with Gasteiger partial charge in [0.1, 0.15) is 0 Å². The molecule has 0 aliphatic carbocycles. The van der Waals surface area contributed by atoms with Gasteiger partial charge in [0.2, 0.25) is 11.1 Å². The lowest BCUT2D eigenvalue weighted by Crippen LogP contribution is -2.33. The van der Waals surface area contributed by atoms with Crippen LogP contribution < -0.4 is 5.32 Å². The number of thioether (sulfide) groups is 1. The summed E-state index contributed by atoms with van der Waals surface area (Å²) in [6, 6.07) is 6.27. The molecule has 2 rings (SSSR count). The van der Waals surface area contributed by atoms with E-state index >= 15 is 0 Å². The number of amides is 1. The van der Waals surface area contributed by atoms with Crippen molar-refractivity contribution >= 4 is 17.7 Å². The second-order valence-electron chi connectivity index (χ2n) is 7.20. The second kappa shape index (κ2) is 9.71. The summed E-state index contributed by atoms with van der Waals surface area (Å²) in [4.78, 5) is 12.2. The Morgan fingerprint density at radius 2 is 1.88 bits per heavy atom. The average Bonchev–Trinajstić information content (AvgIpc) is 3.00. The van der Waals surface area contributed by atoms with Gasteiger partial charge in [0, 0.05) is 6.04 Å². The molecule has 0 bridgehead atoms. The van der Waals surface area contributed by atoms with Crippen molar-refractivity contribution in [3.8, 4) is 5.69 Å². The number of aryl methyl sites for hydroxylation is 2. The SMILES string of the molecule is Cc1cccc(C)c1-n1nnnc1SCC(=O)NC(C)CCCC(C)C. The first-order chi connectivity index (χ1) is 12.4. The van der Waals surface area contributed by atoms with Crippen LogP contribution in [0.1, 0.15) is 51.2 Å². The third-order valence-electron chi connectivity index (χ3n) is 4.25. The van der Waals surface area contributed by atoms with Crippen molar-refractivity contribution in [3.05, 3.63) is 29.3 Å². The zero-order valence-electron chi connectivity index (χ0n) is 16.3. The number of hydrogen-bond acceptors (Lipinski definition) is 5. The maximum Gasteiger partial charge on any atom is 0.230 e. The molecule has 0 radical (unpaired) electrons. The second-order valence-corrected chi connectivity index (χ2v) is 8.14. The van der Waals surface area contributed by atoms with Crippen molar-refractivity contribution in [1.29, 1.82) is 0 Å². The van der Waals surface area contributed by atoms with Gasteiger partial charge < -0.3 is 5.32 Å². The van der Waals surface area contributed by atoms with E-state index in [0.29, 0.717) is 16.8 Å². The number of hydrogen-bond donors (Lipinski definition) is 1. The minimum atomic E-state index is 0.0168. The largest absolute Gasteiger partial charge is 0.353 e. The van der Waals surface area contributed by atoms with Crippen LogP contribution in [0.2, 0.25) is 0 Å². The molecule has 1 atom stereocenters. The Hall–Kier alpha value is -1.89. The van der Waals surface area contributed by atoms with Crippen molar-refractivity contribution < 1.29 is 4.79 Å². The predicted molar refractivity (Wildman–Crippen MR) is 106 cm³/mol. The van der Waals surface area contributed by atoms with Crippen LogP contribution in [0.4, 0.5) is 0 Å². The summed E-state index contributed by atoms with van der Waals surface area (Å²) in [6.45, 7) is 10.6. The van der Waals surface area contributed by atoms with E-state index in [1.807, 2.05) is 32.0 Å². The van der Waals surface area contributed by atoms with Gasteiger partial charge >= 0.3 is 0 Å². The summed E-state index contributed by atoms with van der Waals surface area (Å²) >= 11 is 1.36. The van der Waals surface area contributed by atoms with E-state index in [1.165, 1.54) is 18.2 Å². The van der Waals surface area contributed by atoms with Crippen LogP contribution in [-0.2, 0) is 4.79 Å². The summed E-state index contributed by atoms with van der Waals surface area (Å²) < 4.78 is 1.72. The fourth-order valence-corrected chi connectivity index (χ4v) is 3.59. The van der Waals surface area contributed by atoms with Gasteiger partial charge in [-0.25, -0.2) is 0 Å². The van der Waals surface area contributed by atoms with Crippen molar-refractivity contribution in [1.82, 2.24) is 25.5 Å². The molecule has 0 spiro atoms. The maximum atomic E-state index is 12.2. The Labute approximate surface area is 160 Å². The number of para-hydroxylation sites is 1. The highest BCUT2D eigenvalue weighted by Crippen LogP contribution is 2.23. The Balaban J connectivity index is 1.91. The van der Waals surface area contributed by atoms with Crippen LogP contribution in [0, 0.1) is 19.8 Å². The molecule has 1 aromatic carbocycles. The van der Waals surface area contributed by atoms with E-state index in [-0.39, 0.29) is 11.9 Å². The Bertz CT molecular complexity index is 708. The molecule has 1 unspecified atom stereocenters. The van der Waals surface area contributed by atoms with E-state index in [2.05, 4.69) is 41.6 Å². The smallest absolute Gasteiger partial charge is 0.230 e. The number of tetrazole rings is 1. The van der Waals surface area contributed by atoms with Gasteiger partial charge in [-0.2, -0.15) is 4.68 Å². The van der Waals surface area contributed by atoms with Crippen LogP contribution in [-0.4, -0.2) is 37.9 Å². The van der Waals surface area contributed by atoms with Crippen LogP contribution in [0.3, 0.4) is 0 Å². The van der Waals surface area contributed by atoms with Crippen molar-refractivity contribution in [2.75, 3.05) is 5.75 Å². The number of aromatic nitrogens is 4. The lowest BCUT2D eigenvalue weighted by molar-refractivity contribution is -0.119. The molecule has 142 valence electrons. The first-order valence-electron chi connectivity index (χ1n) is 9.15. The average molecular weight is 376 g/mol. The summed E-state index contributed by atoms with van der Waals surface area (Å²) in [6.07, 6.45) is 3.34. The first kappa shape index (κ1) is 20.4. The summed E-state index contributed by atoms with van der Waals surface area (Å²) in [5.41, 5.74) is 3.17.